The van der Waals surface area contributed by atoms with Crippen molar-refractivity contribution in [2.75, 3.05) is 46.9 Å². The molecule has 1 fully saturated rings. The third kappa shape index (κ3) is 3.03. The van der Waals surface area contributed by atoms with Gasteiger partial charge in [-0.1, -0.05) is 0 Å². The maximum Gasteiger partial charge on any atom is 0.254 e. The minimum atomic E-state index is -0.826. The SMILES string of the molecule is CN(C)CC1(O)CCN(C(=O)c2ccc3c(c2)OCCO3)C1. The molecule has 1 N–H and O–H groups in total. The molecule has 0 spiro atoms. The molecular weight excluding hydrogens is 284 g/mol. The summed E-state index contributed by atoms with van der Waals surface area (Å²) < 4.78 is 11.0. The largest absolute Gasteiger partial charge is 0.486 e. The first-order valence-corrected chi connectivity index (χ1v) is 7.53. The van der Waals surface area contributed by atoms with Crippen LogP contribution >= 0.6 is 0 Å². The Morgan fingerprint density at radius 3 is 2.77 bits per heavy atom. The van der Waals surface area contributed by atoms with Gasteiger partial charge in [0.05, 0.1) is 12.1 Å². The lowest BCUT2D eigenvalue weighted by atomic mass is 10.0. The Morgan fingerprint density at radius 1 is 1.32 bits per heavy atom. The molecule has 1 unspecified atom stereocenters. The molecule has 1 aromatic rings. The summed E-state index contributed by atoms with van der Waals surface area (Å²) >= 11 is 0. The van der Waals surface area contributed by atoms with Crippen LogP contribution in [0.15, 0.2) is 18.2 Å². The summed E-state index contributed by atoms with van der Waals surface area (Å²) in [7, 11) is 3.84. The fourth-order valence-electron chi connectivity index (χ4n) is 3.11. The standard InChI is InChI=1S/C16H22N2O4/c1-17(2)10-16(20)5-6-18(11-16)15(19)12-3-4-13-14(9-12)22-8-7-21-13/h3-4,9,20H,5-8,10-11H2,1-2H3. The molecule has 2 aliphatic rings. The number of rotatable bonds is 3. The summed E-state index contributed by atoms with van der Waals surface area (Å²) in [6.07, 6.45) is 0.599. The van der Waals surface area contributed by atoms with Crippen molar-refractivity contribution in [2.24, 2.45) is 0 Å². The van der Waals surface area contributed by atoms with Crippen LogP contribution in [0.25, 0.3) is 0 Å². The van der Waals surface area contributed by atoms with Gasteiger partial charge in [-0.2, -0.15) is 0 Å². The van der Waals surface area contributed by atoms with Gasteiger partial charge in [0.2, 0.25) is 0 Å². The van der Waals surface area contributed by atoms with Gasteiger partial charge in [-0.15, -0.1) is 0 Å². The van der Waals surface area contributed by atoms with E-state index in [9.17, 15) is 9.90 Å². The van der Waals surface area contributed by atoms with E-state index >= 15 is 0 Å². The zero-order chi connectivity index (χ0) is 15.7. The van der Waals surface area contributed by atoms with Crippen LogP contribution in [-0.4, -0.2) is 73.4 Å². The van der Waals surface area contributed by atoms with Crippen LogP contribution < -0.4 is 9.47 Å². The van der Waals surface area contributed by atoms with Gasteiger partial charge in [0.15, 0.2) is 11.5 Å². The minimum Gasteiger partial charge on any atom is -0.486 e. The number of carbonyl (C=O) groups is 1. The molecule has 2 heterocycles. The monoisotopic (exact) mass is 306 g/mol. The zero-order valence-electron chi connectivity index (χ0n) is 13.0. The number of benzene rings is 1. The Kier molecular flexibility index (Phi) is 3.97. The molecule has 0 aromatic heterocycles. The molecule has 6 heteroatoms. The average Bonchev–Trinajstić information content (AvgIpc) is 2.87. The highest BCUT2D eigenvalue weighted by Crippen LogP contribution is 2.32. The van der Waals surface area contributed by atoms with E-state index in [0.717, 1.165) is 0 Å². The number of ether oxygens (including phenoxy) is 2. The average molecular weight is 306 g/mol. The molecule has 0 aliphatic carbocycles. The van der Waals surface area contributed by atoms with Crippen molar-refractivity contribution >= 4 is 5.91 Å². The van der Waals surface area contributed by atoms with Crippen LogP contribution in [0.3, 0.4) is 0 Å². The van der Waals surface area contributed by atoms with Gasteiger partial charge in [-0.25, -0.2) is 0 Å². The van der Waals surface area contributed by atoms with Crippen molar-refractivity contribution in [2.45, 2.75) is 12.0 Å². The molecule has 6 nitrogen and oxygen atoms in total. The van der Waals surface area contributed by atoms with Crippen molar-refractivity contribution < 1.29 is 19.4 Å². The van der Waals surface area contributed by atoms with Crippen LogP contribution in [0.2, 0.25) is 0 Å². The molecule has 1 amide bonds. The summed E-state index contributed by atoms with van der Waals surface area (Å²) in [6.45, 7) is 2.51. The van der Waals surface area contributed by atoms with Crippen LogP contribution in [0.5, 0.6) is 11.5 Å². The minimum absolute atomic E-state index is 0.0772. The summed E-state index contributed by atoms with van der Waals surface area (Å²) in [5.41, 5.74) is -0.258. The number of amides is 1. The van der Waals surface area contributed by atoms with Crippen molar-refractivity contribution in [3.63, 3.8) is 0 Å². The first-order chi connectivity index (χ1) is 10.5. The number of aliphatic hydroxyl groups is 1. The molecule has 1 saturated heterocycles. The lowest BCUT2D eigenvalue weighted by Crippen LogP contribution is -2.43. The van der Waals surface area contributed by atoms with Gasteiger partial charge in [0.25, 0.3) is 5.91 Å². The van der Waals surface area contributed by atoms with Crippen molar-refractivity contribution in [1.29, 1.82) is 0 Å². The summed E-state index contributed by atoms with van der Waals surface area (Å²) in [5.74, 6) is 1.21. The molecule has 3 rings (SSSR count). The number of β-amino-alcohol motifs (C(OH)–C–C–N with tert-alkyl or cyclic N) is 1. The molecule has 1 atom stereocenters. The molecular formula is C16H22N2O4. The third-order valence-electron chi connectivity index (χ3n) is 4.02. The Bertz CT molecular complexity index is 575. The van der Waals surface area contributed by atoms with Gasteiger partial charge >= 0.3 is 0 Å². The predicted octanol–water partition coefficient (Wildman–Crippen LogP) is 0.596. The predicted molar refractivity (Wildman–Crippen MR) is 81.5 cm³/mol. The van der Waals surface area contributed by atoms with E-state index in [4.69, 9.17) is 9.47 Å². The quantitative estimate of drug-likeness (QED) is 0.886. The van der Waals surface area contributed by atoms with Gasteiger partial charge < -0.3 is 24.4 Å². The Morgan fingerprint density at radius 2 is 2.05 bits per heavy atom. The second-order valence-electron chi connectivity index (χ2n) is 6.30. The smallest absolute Gasteiger partial charge is 0.254 e. The van der Waals surface area contributed by atoms with Crippen LogP contribution in [0.1, 0.15) is 16.8 Å². The first kappa shape index (κ1) is 15.1. The molecule has 0 bridgehead atoms. The second-order valence-corrected chi connectivity index (χ2v) is 6.30. The fraction of sp³-hybridized carbons (Fsp3) is 0.562. The second kappa shape index (κ2) is 5.78. The number of hydrogen-bond acceptors (Lipinski definition) is 5. The number of hydrogen-bond donors (Lipinski definition) is 1. The molecule has 1 aromatic carbocycles. The molecule has 120 valence electrons. The molecule has 0 radical (unpaired) electrons. The fourth-order valence-corrected chi connectivity index (χ4v) is 3.11. The Hall–Kier alpha value is -1.79. The Balaban J connectivity index is 1.72. The maximum absolute atomic E-state index is 12.6. The van der Waals surface area contributed by atoms with E-state index in [2.05, 4.69) is 0 Å². The van der Waals surface area contributed by atoms with Crippen LogP contribution in [-0.2, 0) is 0 Å². The van der Waals surface area contributed by atoms with Gasteiger partial charge in [-0.05, 0) is 38.7 Å². The highest BCUT2D eigenvalue weighted by Gasteiger charge is 2.38. The normalized spacial score (nSPS) is 23.9. The van der Waals surface area contributed by atoms with Crippen molar-refractivity contribution in [1.82, 2.24) is 9.80 Å². The topological polar surface area (TPSA) is 62.2 Å². The highest BCUT2D eigenvalue weighted by molar-refractivity contribution is 5.95. The number of likely N-dealkylation sites (N-methyl/N-ethyl adjacent to an activating group) is 1. The lowest BCUT2D eigenvalue weighted by molar-refractivity contribution is 0.0236. The summed E-state index contributed by atoms with van der Waals surface area (Å²) in [6, 6.07) is 5.24. The van der Waals surface area contributed by atoms with Gasteiger partial charge in [-0.3, -0.25) is 4.79 Å². The Labute approximate surface area is 130 Å². The third-order valence-corrected chi connectivity index (χ3v) is 4.02. The van der Waals surface area contributed by atoms with Crippen molar-refractivity contribution in [3.05, 3.63) is 23.8 Å². The first-order valence-electron chi connectivity index (χ1n) is 7.53. The summed E-state index contributed by atoms with van der Waals surface area (Å²) in [4.78, 5) is 16.3. The van der Waals surface area contributed by atoms with E-state index < -0.39 is 5.60 Å². The number of carbonyl (C=O) groups excluding carboxylic acids is 1. The number of likely N-dealkylation sites (tertiary alicyclic amines) is 1. The molecule has 22 heavy (non-hydrogen) atoms. The van der Waals surface area contributed by atoms with E-state index in [0.29, 0.717) is 56.3 Å². The van der Waals surface area contributed by atoms with Gasteiger partial charge in [0.1, 0.15) is 13.2 Å². The number of fused-ring (bicyclic) bond motifs is 1. The summed E-state index contributed by atoms with van der Waals surface area (Å²) in [5, 5.41) is 10.5. The highest BCUT2D eigenvalue weighted by atomic mass is 16.6. The maximum atomic E-state index is 12.6. The lowest BCUT2D eigenvalue weighted by Gasteiger charge is -2.26. The van der Waals surface area contributed by atoms with Crippen molar-refractivity contribution in [3.8, 4) is 11.5 Å². The molecule has 2 aliphatic heterocycles. The van der Waals surface area contributed by atoms with Gasteiger partial charge in [0, 0.05) is 18.7 Å². The van der Waals surface area contributed by atoms with E-state index in [1.165, 1.54) is 0 Å². The van der Waals surface area contributed by atoms with Crippen LogP contribution in [0.4, 0.5) is 0 Å². The molecule has 0 saturated carbocycles. The van der Waals surface area contributed by atoms with E-state index in [1.54, 1.807) is 23.1 Å². The number of nitrogens with zero attached hydrogens (tertiary/aromatic N) is 2. The zero-order valence-corrected chi connectivity index (χ0v) is 13.0. The van der Waals surface area contributed by atoms with Crippen LogP contribution in [0, 0.1) is 0 Å². The van der Waals surface area contributed by atoms with E-state index in [1.807, 2.05) is 19.0 Å². The van der Waals surface area contributed by atoms with E-state index in [-0.39, 0.29) is 5.91 Å².